The summed E-state index contributed by atoms with van der Waals surface area (Å²) in [6, 6.07) is 42.7. The highest BCUT2D eigenvalue weighted by Gasteiger charge is 2.43. The molecule has 2 heterocycles. The molecule has 0 spiro atoms. The van der Waals surface area contributed by atoms with Gasteiger partial charge in [-0.3, -0.25) is 0 Å². The average molecular weight is 571 g/mol. The fraction of sp³-hybridized carbons (Fsp3) is 0.100. The molecule has 2 aliphatic rings. The highest BCUT2D eigenvalue weighted by Crippen LogP contribution is 2.46. The molecule has 0 fully saturated rings. The first-order chi connectivity index (χ1) is 21.4. The molecule has 0 aromatic heterocycles. The van der Waals surface area contributed by atoms with Crippen LogP contribution in [0, 0.1) is 33.5 Å². The topological polar surface area (TPSA) is 6.48 Å². The lowest BCUT2D eigenvalue weighted by Crippen LogP contribution is -2.61. The number of aryl methyl sites for hydroxylation is 4. The minimum atomic E-state index is -0.237. The van der Waals surface area contributed by atoms with Crippen molar-refractivity contribution in [2.24, 2.45) is 0 Å². The van der Waals surface area contributed by atoms with Gasteiger partial charge >= 0.3 is 0 Å². The van der Waals surface area contributed by atoms with Gasteiger partial charge in [-0.05, 0) is 116 Å². The average Bonchev–Trinajstić information content (AvgIpc) is 3.02. The smallest absolute Gasteiger partial charge is 0.252 e. The van der Waals surface area contributed by atoms with Crippen LogP contribution in [-0.2, 0) is 0 Å². The molecule has 212 valence electrons. The van der Waals surface area contributed by atoms with Gasteiger partial charge in [0.2, 0.25) is 0 Å². The third-order valence-corrected chi connectivity index (χ3v) is 9.12. The number of hydrogen-bond donors (Lipinski definition) is 0. The van der Waals surface area contributed by atoms with E-state index in [0.717, 1.165) is 33.9 Å². The van der Waals surface area contributed by atoms with Crippen LogP contribution in [0.1, 0.15) is 22.3 Å². The van der Waals surface area contributed by atoms with Gasteiger partial charge in [0.15, 0.2) is 0 Å². The van der Waals surface area contributed by atoms with Crippen molar-refractivity contribution in [3.05, 3.63) is 149 Å². The summed E-state index contributed by atoms with van der Waals surface area (Å²) in [5, 5.41) is 0. The van der Waals surface area contributed by atoms with Gasteiger partial charge in [0.05, 0.1) is 0 Å². The third-order valence-electron chi connectivity index (χ3n) is 9.12. The second-order valence-corrected chi connectivity index (χ2v) is 12.3. The van der Waals surface area contributed by atoms with Crippen molar-refractivity contribution in [3.8, 4) is 11.1 Å². The van der Waals surface area contributed by atoms with Crippen LogP contribution in [0.2, 0.25) is 0 Å². The molecule has 2 aliphatic heterocycles. The van der Waals surface area contributed by atoms with Crippen molar-refractivity contribution < 1.29 is 4.39 Å². The number of anilines is 6. The van der Waals surface area contributed by atoms with Gasteiger partial charge in [-0.15, -0.1) is 0 Å². The van der Waals surface area contributed by atoms with Crippen molar-refractivity contribution in [2.75, 3.05) is 9.80 Å². The van der Waals surface area contributed by atoms with Gasteiger partial charge in [0.1, 0.15) is 5.82 Å². The summed E-state index contributed by atoms with van der Waals surface area (Å²) in [6.45, 7) is 8.66. The van der Waals surface area contributed by atoms with Gasteiger partial charge in [0.25, 0.3) is 6.71 Å². The van der Waals surface area contributed by atoms with Crippen molar-refractivity contribution in [1.82, 2.24) is 0 Å². The number of fused-ring (bicyclic) bond motifs is 4. The summed E-state index contributed by atoms with van der Waals surface area (Å²) in [7, 11) is 0. The van der Waals surface area contributed by atoms with Crippen LogP contribution in [0.15, 0.2) is 121 Å². The fourth-order valence-electron chi connectivity index (χ4n) is 7.02. The van der Waals surface area contributed by atoms with Crippen LogP contribution in [-0.4, -0.2) is 6.71 Å². The van der Waals surface area contributed by atoms with Crippen molar-refractivity contribution in [2.45, 2.75) is 27.7 Å². The Balaban J connectivity index is 1.52. The zero-order valence-corrected chi connectivity index (χ0v) is 25.4. The minimum Gasteiger partial charge on any atom is -0.311 e. The van der Waals surface area contributed by atoms with Crippen LogP contribution >= 0.6 is 0 Å². The van der Waals surface area contributed by atoms with E-state index in [9.17, 15) is 4.39 Å². The van der Waals surface area contributed by atoms with E-state index in [-0.39, 0.29) is 12.5 Å². The second-order valence-electron chi connectivity index (χ2n) is 12.3. The SMILES string of the molecule is Cc1ccc(N2c3ccc(C)cc3B3c4cc(C)ccc4N(c4ccc(C)cc4)c4cc(-c5cccc(F)c5)cc2c43)cc1. The Hall–Kier alpha value is -5.09. The number of benzene rings is 6. The Morgan fingerprint density at radius 1 is 0.455 bits per heavy atom. The van der Waals surface area contributed by atoms with Gasteiger partial charge in [-0.2, -0.15) is 0 Å². The Morgan fingerprint density at radius 2 is 0.932 bits per heavy atom. The molecule has 0 aliphatic carbocycles. The summed E-state index contributed by atoms with van der Waals surface area (Å²) >= 11 is 0. The Bertz CT molecular complexity index is 1960. The second kappa shape index (κ2) is 9.99. The molecule has 0 saturated heterocycles. The number of nitrogens with zero attached hydrogens (tertiary/aromatic N) is 2. The standard InChI is InChI=1S/C40H32BFN2/c1-25-8-14-32(15-9-25)43-36-18-12-27(3)20-34(36)41-35-21-28(4)13-19-37(35)44(33-16-10-26(2)11-17-33)39-24-30(23-38(43)40(39)41)29-6-5-7-31(42)22-29/h5-24H,1-4H3. The lowest BCUT2D eigenvalue weighted by atomic mass is 9.33. The summed E-state index contributed by atoms with van der Waals surface area (Å²) in [4.78, 5) is 4.81. The Labute approximate surface area is 259 Å². The number of halogens is 1. The van der Waals surface area contributed by atoms with E-state index >= 15 is 0 Å². The van der Waals surface area contributed by atoms with Gasteiger partial charge in [-0.1, -0.05) is 82.9 Å². The van der Waals surface area contributed by atoms with E-state index in [1.807, 2.05) is 6.07 Å². The molecule has 4 heteroatoms. The first kappa shape index (κ1) is 26.5. The van der Waals surface area contributed by atoms with Gasteiger partial charge in [-0.25, -0.2) is 4.39 Å². The van der Waals surface area contributed by atoms with Crippen LogP contribution in [0.3, 0.4) is 0 Å². The van der Waals surface area contributed by atoms with E-state index in [1.54, 1.807) is 12.1 Å². The summed E-state index contributed by atoms with van der Waals surface area (Å²) in [6.07, 6.45) is 0. The quantitative estimate of drug-likeness (QED) is 0.196. The Kier molecular flexibility index (Phi) is 6.02. The monoisotopic (exact) mass is 570 g/mol. The highest BCUT2D eigenvalue weighted by molar-refractivity contribution is 7.00. The van der Waals surface area contributed by atoms with E-state index in [0.29, 0.717) is 0 Å². The van der Waals surface area contributed by atoms with Crippen molar-refractivity contribution in [3.63, 3.8) is 0 Å². The molecule has 0 N–H and O–H groups in total. The maximum absolute atomic E-state index is 14.7. The fourth-order valence-corrected chi connectivity index (χ4v) is 7.02. The largest absolute Gasteiger partial charge is 0.311 e. The molecule has 0 radical (unpaired) electrons. The molecule has 0 amide bonds. The lowest BCUT2D eigenvalue weighted by Gasteiger charge is -2.44. The van der Waals surface area contributed by atoms with Crippen LogP contribution < -0.4 is 26.2 Å². The first-order valence-electron chi connectivity index (χ1n) is 15.2. The third kappa shape index (κ3) is 4.17. The number of hydrogen-bond acceptors (Lipinski definition) is 2. The molecular weight excluding hydrogens is 538 g/mol. The van der Waals surface area contributed by atoms with Crippen LogP contribution in [0.5, 0.6) is 0 Å². The molecule has 0 unspecified atom stereocenters. The molecule has 6 aromatic carbocycles. The predicted molar refractivity (Wildman–Crippen MR) is 185 cm³/mol. The Morgan fingerprint density at radius 3 is 1.41 bits per heavy atom. The molecule has 8 rings (SSSR count). The molecular formula is C40H32BFN2. The first-order valence-corrected chi connectivity index (χ1v) is 15.2. The normalized spacial score (nSPS) is 13.0. The van der Waals surface area contributed by atoms with E-state index in [1.165, 1.54) is 56.1 Å². The van der Waals surface area contributed by atoms with Crippen LogP contribution in [0.4, 0.5) is 38.5 Å². The van der Waals surface area contributed by atoms with E-state index < -0.39 is 0 Å². The highest BCUT2D eigenvalue weighted by atomic mass is 19.1. The zero-order valence-electron chi connectivity index (χ0n) is 25.4. The molecule has 6 aromatic rings. The van der Waals surface area contributed by atoms with Crippen molar-refractivity contribution >= 4 is 57.2 Å². The minimum absolute atomic E-state index is 0.0507. The van der Waals surface area contributed by atoms with E-state index in [2.05, 4.69) is 135 Å². The molecule has 0 atom stereocenters. The number of rotatable bonds is 3. The lowest BCUT2D eigenvalue weighted by molar-refractivity contribution is 0.628. The van der Waals surface area contributed by atoms with E-state index in [4.69, 9.17) is 0 Å². The summed E-state index contributed by atoms with van der Waals surface area (Å²) in [5.41, 5.74) is 17.4. The molecule has 0 bridgehead atoms. The molecule has 2 nitrogen and oxygen atoms in total. The maximum atomic E-state index is 14.7. The predicted octanol–water partition coefficient (Wildman–Crippen LogP) is 8.81. The summed E-state index contributed by atoms with van der Waals surface area (Å²) < 4.78 is 14.7. The maximum Gasteiger partial charge on any atom is 0.252 e. The zero-order chi connectivity index (χ0) is 30.1. The van der Waals surface area contributed by atoms with Crippen LogP contribution in [0.25, 0.3) is 11.1 Å². The molecule has 44 heavy (non-hydrogen) atoms. The van der Waals surface area contributed by atoms with Gasteiger partial charge in [0, 0.05) is 34.1 Å². The van der Waals surface area contributed by atoms with Crippen molar-refractivity contribution in [1.29, 1.82) is 0 Å². The molecule has 0 saturated carbocycles. The summed E-state index contributed by atoms with van der Waals surface area (Å²) in [5.74, 6) is -0.237. The van der Waals surface area contributed by atoms with Gasteiger partial charge < -0.3 is 9.80 Å².